The number of benzene rings is 4. The Morgan fingerprint density at radius 2 is 0.893 bits per heavy atom. The molecular formula is C27H19N. The molecule has 1 nitrogen and oxygen atoms in total. The molecule has 0 aliphatic carbocycles. The van der Waals surface area contributed by atoms with Crippen LogP contribution in [0.15, 0.2) is 115 Å². The Hall–Kier alpha value is -3.71. The van der Waals surface area contributed by atoms with Crippen LogP contribution in [0.25, 0.3) is 44.3 Å². The maximum absolute atomic E-state index is 4.75. The van der Waals surface area contributed by atoms with Gasteiger partial charge < -0.3 is 0 Å². The highest BCUT2D eigenvalue weighted by Crippen LogP contribution is 2.33. The topological polar surface area (TPSA) is 12.9 Å². The molecule has 0 aliphatic heterocycles. The minimum absolute atomic E-state index is 0.994. The second kappa shape index (κ2) is 7.13. The summed E-state index contributed by atoms with van der Waals surface area (Å²) < 4.78 is 0. The summed E-state index contributed by atoms with van der Waals surface area (Å²) in [5.74, 6) is 0. The van der Waals surface area contributed by atoms with Crippen LogP contribution in [-0.4, -0.2) is 4.98 Å². The normalized spacial score (nSPS) is 10.9. The van der Waals surface area contributed by atoms with Crippen molar-refractivity contribution in [3.8, 4) is 33.5 Å². The summed E-state index contributed by atoms with van der Waals surface area (Å²) in [4.78, 5) is 4.75. The van der Waals surface area contributed by atoms with Gasteiger partial charge in [-0.25, -0.2) is 0 Å². The van der Waals surface area contributed by atoms with Gasteiger partial charge >= 0.3 is 0 Å². The molecule has 0 unspecified atom stereocenters. The van der Waals surface area contributed by atoms with Crippen LogP contribution in [0.5, 0.6) is 0 Å². The molecule has 1 aromatic heterocycles. The van der Waals surface area contributed by atoms with E-state index in [4.69, 9.17) is 4.98 Å². The van der Waals surface area contributed by atoms with Crippen molar-refractivity contribution in [3.05, 3.63) is 115 Å². The summed E-state index contributed by atoms with van der Waals surface area (Å²) in [5, 5.41) is 2.37. The van der Waals surface area contributed by atoms with Crippen LogP contribution in [-0.2, 0) is 0 Å². The highest BCUT2D eigenvalue weighted by molar-refractivity contribution is 5.87. The summed E-state index contributed by atoms with van der Waals surface area (Å²) in [6.07, 6.45) is 1.96. The quantitative estimate of drug-likeness (QED) is 0.332. The van der Waals surface area contributed by atoms with Gasteiger partial charge in [-0.15, -0.1) is 0 Å². The molecular weight excluding hydrogens is 338 g/mol. The maximum Gasteiger partial charge on any atom is 0.0708 e. The van der Waals surface area contributed by atoms with Crippen molar-refractivity contribution in [2.24, 2.45) is 0 Å². The lowest BCUT2D eigenvalue weighted by Crippen LogP contribution is -1.88. The highest BCUT2D eigenvalue weighted by Gasteiger charge is 2.08. The minimum Gasteiger partial charge on any atom is -0.256 e. The second-order valence-corrected chi connectivity index (χ2v) is 6.95. The summed E-state index contributed by atoms with van der Waals surface area (Å²) in [5.41, 5.74) is 6.95. The molecule has 132 valence electrons. The van der Waals surface area contributed by atoms with E-state index in [2.05, 4.69) is 103 Å². The van der Waals surface area contributed by atoms with E-state index in [0.29, 0.717) is 0 Å². The van der Waals surface area contributed by atoms with Crippen molar-refractivity contribution in [3.63, 3.8) is 0 Å². The first-order valence-electron chi connectivity index (χ1n) is 9.48. The predicted molar refractivity (Wildman–Crippen MR) is 118 cm³/mol. The van der Waals surface area contributed by atoms with Crippen LogP contribution in [0.1, 0.15) is 0 Å². The number of hydrogen-bond donors (Lipinski definition) is 0. The number of rotatable bonds is 3. The number of hydrogen-bond acceptors (Lipinski definition) is 1. The molecule has 5 rings (SSSR count). The highest BCUT2D eigenvalue weighted by atomic mass is 14.7. The van der Waals surface area contributed by atoms with Gasteiger partial charge in [0.2, 0.25) is 0 Å². The molecule has 0 atom stereocenters. The van der Waals surface area contributed by atoms with Crippen LogP contribution >= 0.6 is 0 Å². The first kappa shape index (κ1) is 16.5. The fourth-order valence-electron chi connectivity index (χ4n) is 3.61. The van der Waals surface area contributed by atoms with Crippen molar-refractivity contribution < 1.29 is 0 Å². The average Bonchev–Trinajstić information content (AvgIpc) is 2.79. The van der Waals surface area contributed by atoms with Gasteiger partial charge in [0.05, 0.1) is 5.69 Å². The van der Waals surface area contributed by atoms with E-state index < -0.39 is 0 Å². The zero-order valence-corrected chi connectivity index (χ0v) is 15.4. The Labute approximate surface area is 165 Å². The Morgan fingerprint density at radius 1 is 0.393 bits per heavy atom. The van der Waals surface area contributed by atoms with Crippen LogP contribution in [0.3, 0.4) is 0 Å². The van der Waals surface area contributed by atoms with Gasteiger partial charge in [0, 0.05) is 17.1 Å². The molecule has 1 heterocycles. The lowest BCUT2D eigenvalue weighted by Gasteiger charge is -2.11. The van der Waals surface area contributed by atoms with Crippen molar-refractivity contribution >= 4 is 10.8 Å². The van der Waals surface area contributed by atoms with Gasteiger partial charge in [-0.3, -0.25) is 4.98 Å². The van der Waals surface area contributed by atoms with Crippen LogP contribution in [0, 0.1) is 0 Å². The van der Waals surface area contributed by atoms with E-state index in [1.807, 2.05) is 12.3 Å². The molecule has 5 aromatic rings. The second-order valence-electron chi connectivity index (χ2n) is 6.95. The van der Waals surface area contributed by atoms with Crippen LogP contribution in [0.2, 0.25) is 0 Å². The number of aromatic nitrogens is 1. The molecule has 0 saturated carbocycles. The maximum atomic E-state index is 4.75. The zero-order chi connectivity index (χ0) is 18.8. The van der Waals surface area contributed by atoms with Crippen molar-refractivity contribution in [1.29, 1.82) is 0 Å². The summed E-state index contributed by atoms with van der Waals surface area (Å²) in [7, 11) is 0. The molecule has 0 bridgehead atoms. The lowest BCUT2D eigenvalue weighted by atomic mass is 9.94. The van der Waals surface area contributed by atoms with Gasteiger partial charge in [-0.1, -0.05) is 84.9 Å². The molecule has 0 saturated heterocycles. The minimum atomic E-state index is 0.994. The Kier molecular flexibility index (Phi) is 4.19. The number of pyridine rings is 1. The molecule has 28 heavy (non-hydrogen) atoms. The van der Waals surface area contributed by atoms with Crippen molar-refractivity contribution in [1.82, 2.24) is 4.98 Å². The Morgan fingerprint density at radius 3 is 1.50 bits per heavy atom. The van der Waals surface area contributed by atoms with E-state index in [-0.39, 0.29) is 0 Å². The van der Waals surface area contributed by atoms with Gasteiger partial charge in [-0.2, -0.15) is 0 Å². The smallest absolute Gasteiger partial charge is 0.0708 e. The summed E-state index contributed by atoms with van der Waals surface area (Å²) in [6.45, 7) is 0. The third-order valence-electron chi connectivity index (χ3n) is 5.07. The van der Waals surface area contributed by atoms with E-state index >= 15 is 0 Å². The summed E-state index contributed by atoms with van der Waals surface area (Å²) >= 11 is 0. The SMILES string of the molecule is c1ccc(-c2cc(-c3ccccc3)cc(-c3cc4ccccc4cn3)c2)cc1. The fraction of sp³-hybridized carbons (Fsp3) is 0. The van der Waals surface area contributed by atoms with E-state index in [9.17, 15) is 0 Å². The van der Waals surface area contributed by atoms with E-state index in [0.717, 1.165) is 16.6 Å². The van der Waals surface area contributed by atoms with Gasteiger partial charge in [0.1, 0.15) is 0 Å². The standard InChI is InChI=1S/C27H19N/c1-3-9-20(10-4-1)24-15-25(21-11-5-2-6-12-21)17-26(16-24)27-18-22-13-7-8-14-23(22)19-28-27/h1-19H. The number of nitrogens with zero attached hydrogens (tertiary/aromatic N) is 1. The fourth-order valence-corrected chi connectivity index (χ4v) is 3.61. The monoisotopic (exact) mass is 357 g/mol. The molecule has 0 aliphatic rings. The predicted octanol–water partition coefficient (Wildman–Crippen LogP) is 7.24. The third-order valence-corrected chi connectivity index (χ3v) is 5.07. The van der Waals surface area contributed by atoms with Crippen LogP contribution < -0.4 is 0 Å². The lowest BCUT2D eigenvalue weighted by molar-refractivity contribution is 1.36. The van der Waals surface area contributed by atoms with E-state index in [1.165, 1.54) is 27.6 Å². The molecule has 1 heteroatoms. The molecule has 0 fully saturated rings. The largest absolute Gasteiger partial charge is 0.256 e. The molecule has 0 spiro atoms. The summed E-state index contributed by atoms with van der Waals surface area (Å²) in [6, 6.07) is 38.3. The molecule has 0 amide bonds. The zero-order valence-electron chi connectivity index (χ0n) is 15.4. The van der Waals surface area contributed by atoms with Gasteiger partial charge in [0.15, 0.2) is 0 Å². The van der Waals surface area contributed by atoms with Crippen LogP contribution in [0.4, 0.5) is 0 Å². The van der Waals surface area contributed by atoms with Gasteiger partial charge in [0.25, 0.3) is 0 Å². The number of fused-ring (bicyclic) bond motifs is 1. The molecule has 4 aromatic carbocycles. The van der Waals surface area contributed by atoms with Crippen molar-refractivity contribution in [2.75, 3.05) is 0 Å². The molecule has 0 radical (unpaired) electrons. The van der Waals surface area contributed by atoms with E-state index in [1.54, 1.807) is 0 Å². The third kappa shape index (κ3) is 3.19. The van der Waals surface area contributed by atoms with Crippen molar-refractivity contribution in [2.45, 2.75) is 0 Å². The Balaban J connectivity index is 1.72. The average molecular weight is 357 g/mol. The molecule has 0 N–H and O–H groups in total. The first-order chi connectivity index (χ1) is 13.9. The van der Waals surface area contributed by atoms with Gasteiger partial charge in [-0.05, 0) is 51.9 Å². The first-order valence-corrected chi connectivity index (χ1v) is 9.48. The Bertz CT molecular complexity index is 1180.